The van der Waals surface area contributed by atoms with E-state index in [-0.39, 0.29) is 11.5 Å². The molecule has 0 bridgehead atoms. The van der Waals surface area contributed by atoms with Crippen molar-refractivity contribution in [1.29, 1.82) is 0 Å². The predicted octanol–water partition coefficient (Wildman–Crippen LogP) is 2.40. The highest BCUT2D eigenvalue weighted by atomic mass is 16.5. The van der Waals surface area contributed by atoms with Crippen LogP contribution < -0.4 is 25.0 Å². The van der Waals surface area contributed by atoms with Gasteiger partial charge in [-0.05, 0) is 30.3 Å². The SMILES string of the molecule is COCCNC(=O)c1cc(NC(=O)c2c(OC)cccc2OC)ccc1N(C)C. The van der Waals surface area contributed by atoms with Gasteiger partial charge in [0, 0.05) is 39.1 Å². The second kappa shape index (κ2) is 10.3. The van der Waals surface area contributed by atoms with Crippen LogP contribution in [-0.4, -0.2) is 60.4 Å². The minimum atomic E-state index is -0.400. The zero-order valence-corrected chi connectivity index (χ0v) is 17.4. The first-order valence-electron chi connectivity index (χ1n) is 9.03. The number of rotatable bonds is 9. The van der Waals surface area contributed by atoms with E-state index in [0.717, 1.165) is 5.69 Å². The van der Waals surface area contributed by atoms with Gasteiger partial charge in [-0.2, -0.15) is 0 Å². The summed E-state index contributed by atoms with van der Waals surface area (Å²) < 4.78 is 15.6. The number of benzene rings is 2. The van der Waals surface area contributed by atoms with Crippen molar-refractivity contribution in [2.75, 3.05) is 58.8 Å². The molecule has 2 aromatic rings. The highest BCUT2D eigenvalue weighted by Crippen LogP contribution is 2.30. The van der Waals surface area contributed by atoms with E-state index >= 15 is 0 Å². The minimum Gasteiger partial charge on any atom is -0.496 e. The van der Waals surface area contributed by atoms with Crippen LogP contribution in [0.15, 0.2) is 36.4 Å². The second-order valence-corrected chi connectivity index (χ2v) is 6.37. The fraction of sp³-hybridized carbons (Fsp3) is 0.333. The minimum absolute atomic E-state index is 0.253. The number of ether oxygens (including phenoxy) is 3. The maximum absolute atomic E-state index is 12.9. The summed E-state index contributed by atoms with van der Waals surface area (Å²) in [6.45, 7) is 0.796. The van der Waals surface area contributed by atoms with Gasteiger partial charge < -0.3 is 29.7 Å². The highest BCUT2D eigenvalue weighted by molar-refractivity contribution is 6.09. The molecule has 8 nitrogen and oxygen atoms in total. The molecule has 2 rings (SSSR count). The van der Waals surface area contributed by atoms with Gasteiger partial charge in [0.25, 0.3) is 11.8 Å². The number of methoxy groups -OCH3 is 3. The number of carbonyl (C=O) groups is 2. The van der Waals surface area contributed by atoms with Crippen LogP contribution in [0.2, 0.25) is 0 Å². The first-order chi connectivity index (χ1) is 13.9. The summed E-state index contributed by atoms with van der Waals surface area (Å²) in [4.78, 5) is 27.3. The maximum Gasteiger partial charge on any atom is 0.263 e. The summed E-state index contributed by atoms with van der Waals surface area (Å²) in [5.74, 6) is 0.132. The molecule has 8 heteroatoms. The summed E-state index contributed by atoms with van der Waals surface area (Å²) in [5, 5.41) is 5.61. The van der Waals surface area contributed by atoms with E-state index in [9.17, 15) is 9.59 Å². The Hall–Kier alpha value is -3.26. The summed E-state index contributed by atoms with van der Waals surface area (Å²) in [5.41, 5.74) is 1.93. The average Bonchev–Trinajstić information content (AvgIpc) is 2.72. The van der Waals surface area contributed by atoms with E-state index < -0.39 is 5.91 Å². The number of carbonyl (C=O) groups excluding carboxylic acids is 2. The quantitative estimate of drug-likeness (QED) is 0.628. The van der Waals surface area contributed by atoms with Gasteiger partial charge in [-0.1, -0.05) is 6.07 Å². The second-order valence-electron chi connectivity index (χ2n) is 6.37. The molecular formula is C21H27N3O5. The van der Waals surface area contributed by atoms with Gasteiger partial charge in [-0.3, -0.25) is 9.59 Å². The number of hydrogen-bond donors (Lipinski definition) is 2. The van der Waals surface area contributed by atoms with Crippen molar-refractivity contribution in [3.8, 4) is 11.5 Å². The molecule has 0 atom stereocenters. The van der Waals surface area contributed by atoms with Gasteiger partial charge in [0.05, 0.1) is 26.4 Å². The molecule has 0 heterocycles. The summed E-state index contributed by atoms with van der Waals surface area (Å²) >= 11 is 0. The van der Waals surface area contributed by atoms with E-state index in [0.29, 0.717) is 35.9 Å². The Morgan fingerprint density at radius 3 is 2.17 bits per heavy atom. The van der Waals surface area contributed by atoms with Gasteiger partial charge in [-0.15, -0.1) is 0 Å². The lowest BCUT2D eigenvalue weighted by molar-refractivity contribution is 0.0936. The smallest absolute Gasteiger partial charge is 0.263 e. The number of nitrogens with zero attached hydrogens (tertiary/aromatic N) is 1. The van der Waals surface area contributed by atoms with E-state index in [1.165, 1.54) is 14.2 Å². The van der Waals surface area contributed by atoms with Crippen molar-refractivity contribution in [2.45, 2.75) is 0 Å². The Balaban J connectivity index is 2.33. The van der Waals surface area contributed by atoms with E-state index in [4.69, 9.17) is 14.2 Å². The third-order valence-corrected chi connectivity index (χ3v) is 4.23. The molecule has 0 fully saturated rings. The zero-order valence-electron chi connectivity index (χ0n) is 17.4. The fourth-order valence-corrected chi connectivity index (χ4v) is 2.82. The summed E-state index contributed by atoms with van der Waals surface area (Å²) in [6.07, 6.45) is 0. The molecule has 2 N–H and O–H groups in total. The molecule has 2 aromatic carbocycles. The average molecular weight is 401 g/mol. The molecule has 0 aliphatic heterocycles. The molecule has 29 heavy (non-hydrogen) atoms. The molecule has 156 valence electrons. The molecule has 0 aliphatic carbocycles. The number of nitrogens with one attached hydrogen (secondary N) is 2. The normalized spacial score (nSPS) is 10.2. The monoisotopic (exact) mass is 401 g/mol. The van der Waals surface area contributed by atoms with Crippen LogP contribution in [0.25, 0.3) is 0 Å². The van der Waals surface area contributed by atoms with Crippen LogP contribution in [0.3, 0.4) is 0 Å². The van der Waals surface area contributed by atoms with Crippen molar-refractivity contribution in [3.05, 3.63) is 47.5 Å². The van der Waals surface area contributed by atoms with Crippen LogP contribution in [0, 0.1) is 0 Å². The Bertz CT molecular complexity index is 845. The molecule has 0 aliphatic rings. The van der Waals surface area contributed by atoms with Gasteiger partial charge >= 0.3 is 0 Å². The van der Waals surface area contributed by atoms with Crippen LogP contribution in [0.1, 0.15) is 20.7 Å². The van der Waals surface area contributed by atoms with Gasteiger partial charge in [0.1, 0.15) is 17.1 Å². The standard InChI is InChI=1S/C21H27N3O5/c1-24(2)16-10-9-14(13-15(16)20(25)22-11-12-27-3)23-21(26)19-17(28-4)7-6-8-18(19)29-5/h6-10,13H,11-12H2,1-5H3,(H,22,25)(H,23,26). The van der Waals surface area contributed by atoms with Crippen LogP contribution >= 0.6 is 0 Å². The summed E-state index contributed by atoms with van der Waals surface area (Å²) in [7, 11) is 8.23. The van der Waals surface area contributed by atoms with Crippen molar-refractivity contribution in [3.63, 3.8) is 0 Å². The molecule has 2 amide bonds. The fourth-order valence-electron chi connectivity index (χ4n) is 2.82. The first kappa shape index (κ1) is 22.0. The third kappa shape index (κ3) is 5.39. The first-order valence-corrected chi connectivity index (χ1v) is 9.03. The van der Waals surface area contributed by atoms with Crippen molar-refractivity contribution in [2.24, 2.45) is 0 Å². The molecular weight excluding hydrogens is 374 g/mol. The Morgan fingerprint density at radius 1 is 0.966 bits per heavy atom. The Labute approximate surface area is 170 Å². The van der Waals surface area contributed by atoms with Gasteiger partial charge in [0.2, 0.25) is 0 Å². The van der Waals surface area contributed by atoms with E-state index in [1.807, 2.05) is 19.0 Å². The Morgan fingerprint density at radius 2 is 1.62 bits per heavy atom. The van der Waals surface area contributed by atoms with Crippen molar-refractivity contribution >= 4 is 23.2 Å². The van der Waals surface area contributed by atoms with Crippen molar-refractivity contribution < 1.29 is 23.8 Å². The third-order valence-electron chi connectivity index (χ3n) is 4.23. The lowest BCUT2D eigenvalue weighted by Gasteiger charge is -2.19. The molecule has 0 spiro atoms. The Kier molecular flexibility index (Phi) is 7.85. The molecule has 0 radical (unpaired) electrons. The van der Waals surface area contributed by atoms with Crippen LogP contribution in [-0.2, 0) is 4.74 Å². The van der Waals surface area contributed by atoms with E-state index in [1.54, 1.807) is 43.5 Å². The topological polar surface area (TPSA) is 89.1 Å². The largest absolute Gasteiger partial charge is 0.496 e. The predicted molar refractivity (Wildman–Crippen MR) is 112 cm³/mol. The molecule has 0 saturated heterocycles. The molecule has 0 unspecified atom stereocenters. The zero-order chi connectivity index (χ0) is 21.4. The lowest BCUT2D eigenvalue weighted by atomic mass is 10.1. The van der Waals surface area contributed by atoms with Gasteiger partial charge in [0.15, 0.2) is 0 Å². The highest BCUT2D eigenvalue weighted by Gasteiger charge is 2.20. The van der Waals surface area contributed by atoms with Gasteiger partial charge in [-0.25, -0.2) is 0 Å². The van der Waals surface area contributed by atoms with Crippen molar-refractivity contribution in [1.82, 2.24) is 5.32 Å². The van der Waals surface area contributed by atoms with Crippen LogP contribution in [0.5, 0.6) is 11.5 Å². The summed E-state index contributed by atoms with van der Waals surface area (Å²) in [6, 6.07) is 10.3. The van der Waals surface area contributed by atoms with E-state index in [2.05, 4.69) is 10.6 Å². The molecule has 0 aromatic heterocycles. The lowest BCUT2D eigenvalue weighted by Crippen LogP contribution is -2.28. The van der Waals surface area contributed by atoms with Crippen LogP contribution in [0.4, 0.5) is 11.4 Å². The molecule has 0 saturated carbocycles. The number of hydrogen-bond acceptors (Lipinski definition) is 6. The number of amides is 2. The maximum atomic E-state index is 12.9. The number of anilines is 2.